The van der Waals surface area contributed by atoms with Crippen molar-refractivity contribution in [2.45, 2.75) is 40.0 Å². The van der Waals surface area contributed by atoms with Crippen molar-refractivity contribution in [3.63, 3.8) is 0 Å². The summed E-state index contributed by atoms with van der Waals surface area (Å²) in [5, 5.41) is 3.32. The summed E-state index contributed by atoms with van der Waals surface area (Å²) in [6.07, 6.45) is 2.08. The van der Waals surface area contributed by atoms with Crippen LogP contribution in [0.4, 0.5) is 5.69 Å². The number of rotatable bonds is 6. The number of hydrogen-bond acceptors (Lipinski definition) is 3. The number of anilines is 1. The van der Waals surface area contributed by atoms with Crippen molar-refractivity contribution in [2.24, 2.45) is 11.1 Å². The molecule has 0 aliphatic carbocycles. The van der Waals surface area contributed by atoms with Crippen molar-refractivity contribution in [3.8, 4) is 0 Å². The third-order valence-corrected chi connectivity index (χ3v) is 3.72. The fraction of sp³-hybridized carbons (Fsp3) is 0.571. The Labute approximate surface area is 130 Å². The average molecular weight is 318 g/mol. The molecule has 4 nitrogen and oxygen atoms in total. The molecule has 112 valence electrons. The van der Waals surface area contributed by atoms with Gasteiger partial charge in [-0.15, -0.1) is 0 Å². The molecule has 0 bridgehead atoms. The second kappa shape index (κ2) is 7.25. The van der Waals surface area contributed by atoms with Gasteiger partial charge in [-0.1, -0.05) is 37.0 Å². The van der Waals surface area contributed by atoms with Gasteiger partial charge in [0.15, 0.2) is 5.15 Å². The quantitative estimate of drug-likeness (QED) is 0.784. The van der Waals surface area contributed by atoms with E-state index in [1.807, 2.05) is 6.92 Å². The number of nitrogens with two attached hydrogens (primary N) is 1. The molecule has 3 N–H and O–H groups in total. The summed E-state index contributed by atoms with van der Waals surface area (Å²) >= 11 is 11.8. The van der Waals surface area contributed by atoms with E-state index in [9.17, 15) is 4.79 Å². The molecular formula is C14H21Cl2N3O. The van der Waals surface area contributed by atoms with Crippen molar-refractivity contribution < 1.29 is 4.79 Å². The smallest absolute Gasteiger partial charge is 0.224 e. The molecule has 1 amide bonds. The van der Waals surface area contributed by atoms with Crippen LogP contribution in [0.3, 0.4) is 0 Å². The Hall–Kier alpha value is -0.840. The minimum atomic E-state index is -0.0794. The van der Waals surface area contributed by atoms with Gasteiger partial charge in [0.05, 0.1) is 5.69 Å². The fourth-order valence-electron chi connectivity index (χ4n) is 1.92. The summed E-state index contributed by atoms with van der Waals surface area (Å²) in [5.74, 6) is -0.0794. The molecule has 0 fully saturated rings. The maximum Gasteiger partial charge on any atom is 0.224 e. The number of amides is 1. The first kappa shape index (κ1) is 17.2. The van der Waals surface area contributed by atoms with Gasteiger partial charge < -0.3 is 11.1 Å². The van der Waals surface area contributed by atoms with Crippen molar-refractivity contribution in [1.29, 1.82) is 0 Å². The molecule has 0 aliphatic heterocycles. The second-order valence-electron chi connectivity index (χ2n) is 5.68. The van der Waals surface area contributed by atoms with Crippen LogP contribution in [-0.4, -0.2) is 17.4 Å². The lowest BCUT2D eigenvalue weighted by atomic mass is 9.84. The molecule has 1 aromatic rings. The van der Waals surface area contributed by atoms with Crippen LogP contribution in [0.25, 0.3) is 0 Å². The fourth-order valence-corrected chi connectivity index (χ4v) is 2.49. The summed E-state index contributed by atoms with van der Waals surface area (Å²) in [6.45, 7) is 6.67. The summed E-state index contributed by atoms with van der Waals surface area (Å²) in [6, 6.07) is 1.67. The number of nitrogens with one attached hydrogen (secondary N) is 1. The van der Waals surface area contributed by atoms with Crippen LogP contribution < -0.4 is 11.1 Å². The monoisotopic (exact) mass is 317 g/mol. The van der Waals surface area contributed by atoms with Crippen LogP contribution in [-0.2, 0) is 4.79 Å². The predicted molar refractivity (Wildman–Crippen MR) is 84.3 cm³/mol. The van der Waals surface area contributed by atoms with Crippen molar-refractivity contribution in [2.75, 3.05) is 11.9 Å². The largest absolute Gasteiger partial charge is 0.330 e. The second-order valence-corrected chi connectivity index (χ2v) is 6.42. The van der Waals surface area contributed by atoms with E-state index in [1.165, 1.54) is 0 Å². The first-order valence-electron chi connectivity index (χ1n) is 6.58. The highest BCUT2D eigenvalue weighted by Crippen LogP contribution is 2.28. The highest BCUT2D eigenvalue weighted by atomic mass is 35.5. The molecule has 0 unspecified atom stereocenters. The van der Waals surface area contributed by atoms with Gasteiger partial charge in [0.1, 0.15) is 5.15 Å². The van der Waals surface area contributed by atoms with Crippen LogP contribution in [0, 0.1) is 12.3 Å². The van der Waals surface area contributed by atoms with Crippen LogP contribution in [0.1, 0.15) is 38.7 Å². The topological polar surface area (TPSA) is 68.0 Å². The van der Waals surface area contributed by atoms with Crippen LogP contribution >= 0.6 is 23.2 Å². The number of aryl methyl sites for hydroxylation is 1. The molecule has 0 saturated heterocycles. The lowest BCUT2D eigenvalue weighted by Gasteiger charge is -2.23. The van der Waals surface area contributed by atoms with Crippen LogP contribution in [0.2, 0.25) is 10.3 Å². The molecular weight excluding hydrogens is 297 g/mol. The Kier molecular flexibility index (Phi) is 6.24. The van der Waals surface area contributed by atoms with E-state index in [4.69, 9.17) is 28.9 Å². The zero-order valence-corrected chi connectivity index (χ0v) is 13.6. The van der Waals surface area contributed by atoms with E-state index >= 15 is 0 Å². The van der Waals surface area contributed by atoms with E-state index in [0.717, 1.165) is 18.4 Å². The number of nitrogens with zero attached hydrogens (tertiary/aromatic N) is 1. The predicted octanol–water partition coefficient (Wildman–Crippen LogP) is 3.79. The summed E-state index contributed by atoms with van der Waals surface area (Å²) < 4.78 is 0. The van der Waals surface area contributed by atoms with Gasteiger partial charge in [0, 0.05) is 6.42 Å². The SMILES string of the molecule is Cc1cc(Cl)nc(Cl)c1NC(=O)CCC(C)(C)CCN. The maximum atomic E-state index is 12.0. The molecule has 20 heavy (non-hydrogen) atoms. The Morgan fingerprint density at radius 3 is 2.60 bits per heavy atom. The first-order chi connectivity index (χ1) is 9.25. The Balaban J connectivity index is 2.64. The van der Waals surface area contributed by atoms with Crippen molar-refractivity contribution in [3.05, 3.63) is 21.9 Å². The van der Waals surface area contributed by atoms with Gasteiger partial charge >= 0.3 is 0 Å². The van der Waals surface area contributed by atoms with E-state index in [1.54, 1.807) is 6.07 Å². The molecule has 0 aromatic carbocycles. The molecule has 1 aromatic heterocycles. The average Bonchev–Trinajstić information content (AvgIpc) is 2.31. The lowest BCUT2D eigenvalue weighted by Crippen LogP contribution is -2.21. The van der Waals surface area contributed by atoms with Crippen LogP contribution in [0.5, 0.6) is 0 Å². The van der Waals surface area contributed by atoms with Gasteiger partial charge in [0.25, 0.3) is 0 Å². The van der Waals surface area contributed by atoms with Gasteiger partial charge in [-0.05, 0) is 43.4 Å². The van der Waals surface area contributed by atoms with Gasteiger partial charge in [-0.2, -0.15) is 0 Å². The van der Waals surface area contributed by atoms with Gasteiger partial charge in [-0.25, -0.2) is 4.98 Å². The zero-order valence-electron chi connectivity index (χ0n) is 12.1. The third-order valence-electron chi connectivity index (χ3n) is 3.26. The van der Waals surface area contributed by atoms with E-state index in [0.29, 0.717) is 23.8 Å². The normalized spacial score (nSPS) is 11.5. The number of halogens is 2. The molecule has 0 atom stereocenters. The number of carbonyl (C=O) groups is 1. The van der Waals surface area contributed by atoms with Crippen molar-refractivity contribution >= 4 is 34.8 Å². The van der Waals surface area contributed by atoms with Gasteiger partial charge in [0.2, 0.25) is 5.91 Å². The lowest BCUT2D eigenvalue weighted by molar-refractivity contribution is -0.116. The summed E-state index contributed by atoms with van der Waals surface area (Å²) in [4.78, 5) is 15.9. The molecule has 1 rings (SSSR count). The van der Waals surface area contributed by atoms with Gasteiger partial charge in [-0.3, -0.25) is 4.79 Å². The molecule has 0 spiro atoms. The summed E-state index contributed by atoms with van der Waals surface area (Å²) in [7, 11) is 0. The van der Waals surface area contributed by atoms with E-state index in [-0.39, 0.29) is 16.5 Å². The number of aromatic nitrogens is 1. The Bertz CT molecular complexity index is 466. The zero-order chi connectivity index (χ0) is 15.3. The Morgan fingerprint density at radius 2 is 2.05 bits per heavy atom. The number of carbonyl (C=O) groups excluding carboxylic acids is 1. The molecule has 6 heteroatoms. The minimum Gasteiger partial charge on any atom is -0.330 e. The summed E-state index contributed by atoms with van der Waals surface area (Å²) in [5.41, 5.74) is 6.94. The van der Waals surface area contributed by atoms with Crippen LogP contribution in [0.15, 0.2) is 6.07 Å². The minimum absolute atomic E-state index is 0.0587. The highest BCUT2D eigenvalue weighted by Gasteiger charge is 2.19. The molecule has 0 radical (unpaired) electrons. The number of pyridine rings is 1. The third kappa shape index (κ3) is 5.27. The molecule has 1 heterocycles. The maximum absolute atomic E-state index is 12.0. The van der Waals surface area contributed by atoms with E-state index in [2.05, 4.69) is 24.1 Å². The standard InChI is InChI=1S/C14H21Cl2N3O/c1-9-8-10(15)18-13(16)12(9)19-11(20)4-5-14(2,3)6-7-17/h8H,4-7,17H2,1-3H3,(H,19,20). The van der Waals surface area contributed by atoms with E-state index < -0.39 is 0 Å². The first-order valence-corrected chi connectivity index (χ1v) is 7.33. The van der Waals surface area contributed by atoms with Crippen molar-refractivity contribution in [1.82, 2.24) is 4.98 Å². The number of hydrogen-bond donors (Lipinski definition) is 2. The Morgan fingerprint density at radius 1 is 1.40 bits per heavy atom. The highest BCUT2D eigenvalue weighted by molar-refractivity contribution is 6.34. The molecule has 0 aliphatic rings. The molecule has 0 saturated carbocycles.